The second kappa shape index (κ2) is 38.1. The molecule has 33 nitrogen and oxygen atoms in total. The van der Waals surface area contributed by atoms with Crippen molar-refractivity contribution >= 4 is 113 Å². The second-order valence-electron chi connectivity index (χ2n) is 29.2. The smallest absolute Gasteiger partial charge is 0.469 e. The standard InChI is InChI=1S/C73H99N14O19PS2/c1-39(2)73(10)70(102)82-53(35-106-107(103,104)105)62(94)81-54(59(74)92)38-109-37-45-15-11-14-44(30-45)36-108-29-26-56(91)83-58(71(5,6)7)67(99)80-52(32-43-20-24-48(90)25-21-43)68(100)87-28-13-17-55(87)65(97)84-57(41(4)88)66(98)79-51(33-46-34-76-60-49(46)16-12-27-75-60)63(95)85-72(8,9)69(101)77-40(3)61(93)78-50(64(96)86-73)31-42-18-22-47(89)23-19-42/h11-12,14-16,18-25,27,30,34,39-41,50-55,57-58,88-90H,13,17,26,28-29,31-33,35-38H2,1-10H3,(H2,74,92)(H,75,76)(H,77,101)(H,78,93)(H,79,98)(H,80,99)(H,81,94)(H,82,102)(H,83,91)(H,84,97)(H,85,95)(H,86,96)(H2,103,104,105)/t40-,41+,50-,51-,52-,53-,54-,55-,57-,58+,73-/m0/s1. The molecule has 0 saturated carbocycles. The molecule has 4 heterocycles. The zero-order chi connectivity index (χ0) is 80.5. The number of phosphoric acid groups is 1. The second-order valence-corrected chi connectivity index (χ2v) is 32.6. The van der Waals surface area contributed by atoms with Gasteiger partial charge in [0.25, 0.3) is 0 Å². The van der Waals surface area contributed by atoms with E-state index < -0.39 is 168 Å². The normalized spacial score (nSPS) is 25.0. The van der Waals surface area contributed by atoms with Crippen molar-refractivity contribution in [2.24, 2.45) is 17.1 Å². The summed E-state index contributed by atoms with van der Waals surface area (Å²) >= 11 is 2.60. The van der Waals surface area contributed by atoms with Crippen molar-refractivity contribution < 1.29 is 91.7 Å². The summed E-state index contributed by atoms with van der Waals surface area (Å²) in [4.78, 5) is 201. The minimum Gasteiger partial charge on any atom is -0.508 e. The molecular weight excluding hydrogens is 1470 g/mol. The van der Waals surface area contributed by atoms with E-state index in [2.05, 4.69) is 63.1 Å². The van der Waals surface area contributed by atoms with Crippen molar-refractivity contribution in [3.8, 4) is 11.5 Å². The van der Waals surface area contributed by atoms with Crippen LogP contribution < -0.4 is 58.9 Å². The number of H-pyrrole nitrogens is 1. The summed E-state index contributed by atoms with van der Waals surface area (Å²) in [6.07, 6.45) is 1.01. The number of rotatable bonds is 12. The molecule has 2 bridgehead atoms. The third kappa shape index (κ3) is 24.9. The number of thioether (sulfide) groups is 2. The summed E-state index contributed by atoms with van der Waals surface area (Å²) in [7, 11) is -5.35. The molecule has 5 aromatic rings. The molecule has 36 heteroatoms. The number of fused-ring (bicyclic) bond motifs is 4. The summed E-state index contributed by atoms with van der Waals surface area (Å²) in [6, 6.07) is 8.40. The molecule has 592 valence electrons. The van der Waals surface area contributed by atoms with E-state index in [0.717, 1.165) is 11.1 Å². The molecular formula is C73H99N14O19PS2. The Hall–Kier alpha value is -9.64. The lowest BCUT2D eigenvalue weighted by Gasteiger charge is -2.36. The van der Waals surface area contributed by atoms with Gasteiger partial charge in [0.2, 0.25) is 70.9 Å². The number of carbonyl (C=O) groups excluding carboxylic acids is 12. The van der Waals surface area contributed by atoms with E-state index in [-0.39, 0.29) is 61.7 Å². The Morgan fingerprint density at radius 1 is 0.679 bits per heavy atom. The van der Waals surface area contributed by atoms with Crippen molar-refractivity contribution in [3.05, 3.63) is 125 Å². The third-order valence-electron chi connectivity index (χ3n) is 18.7. The first kappa shape index (κ1) is 86.6. The Morgan fingerprint density at radius 2 is 1.27 bits per heavy atom. The number of phenolic OH excluding ortho intramolecular Hbond substituents is 2. The Kier molecular flexibility index (Phi) is 30.3. The van der Waals surface area contributed by atoms with E-state index in [9.17, 15) is 82.4 Å². The first-order valence-corrected chi connectivity index (χ1v) is 39.2. The van der Waals surface area contributed by atoms with Gasteiger partial charge in [-0.3, -0.25) is 62.1 Å². The van der Waals surface area contributed by atoms with Crippen LogP contribution in [-0.4, -0.2) is 207 Å². The highest BCUT2D eigenvalue weighted by Crippen LogP contribution is 2.36. The van der Waals surface area contributed by atoms with E-state index in [1.165, 1.54) is 119 Å². The Bertz CT molecular complexity index is 4170. The van der Waals surface area contributed by atoms with Gasteiger partial charge in [-0.15, -0.1) is 0 Å². The number of aliphatic hydroxyl groups is 1. The van der Waals surface area contributed by atoms with E-state index in [1.54, 1.807) is 57.3 Å². The molecule has 1 saturated heterocycles. The maximum absolute atomic E-state index is 15.0. The number of nitrogens with zero attached hydrogens (tertiary/aromatic N) is 2. The van der Waals surface area contributed by atoms with Gasteiger partial charge in [-0.2, -0.15) is 23.5 Å². The summed E-state index contributed by atoms with van der Waals surface area (Å²) in [5.74, 6) is -11.3. The van der Waals surface area contributed by atoms with Gasteiger partial charge in [0.1, 0.15) is 82.6 Å². The molecule has 0 unspecified atom stereocenters. The lowest BCUT2D eigenvalue weighted by atomic mass is 9.85. The predicted molar refractivity (Wildman–Crippen MR) is 405 cm³/mol. The Labute approximate surface area is 639 Å². The van der Waals surface area contributed by atoms with Crippen molar-refractivity contribution in [2.75, 3.05) is 24.7 Å². The number of hydrogen-bond donors (Lipinski definition) is 17. The van der Waals surface area contributed by atoms with E-state index in [0.29, 0.717) is 45.7 Å². The molecule has 12 amide bonds. The highest BCUT2D eigenvalue weighted by molar-refractivity contribution is 7.98. The molecule has 18 N–H and O–H groups in total. The summed E-state index contributed by atoms with van der Waals surface area (Å²) in [6.45, 7) is 13.4. The number of benzene rings is 3. The number of phenols is 2. The van der Waals surface area contributed by atoms with E-state index in [1.807, 2.05) is 18.2 Å². The van der Waals surface area contributed by atoms with E-state index in [4.69, 9.17) is 10.3 Å². The number of amides is 12. The molecule has 2 aliphatic heterocycles. The number of phosphoric ester groups is 1. The maximum atomic E-state index is 15.0. The number of aromatic amines is 1. The fourth-order valence-corrected chi connectivity index (χ4v) is 14.2. The van der Waals surface area contributed by atoms with Crippen LogP contribution in [0.25, 0.3) is 11.0 Å². The molecule has 7 rings (SSSR count). The number of nitrogens with two attached hydrogens (primary N) is 1. The minimum absolute atomic E-state index is 0.0155. The van der Waals surface area contributed by atoms with Crippen molar-refractivity contribution in [1.82, 2.24) is 68.0 Å². The average molecular weight is 1570 g/mol. The van der Waals surface area contributed by atoms with Crippen LogP contribution in [0.4, 0.5) is 0 Å². The zero-order valence-corrected chi connectivity index (χ0v) is 64.8. The molecule has 2 aromatic heterocycles. The molecule has 1 fully saturated rings. The Morgan fingerprint density at radius 3 is 1.86 bits per heavy atom. The molecule has 109 heavy (non-hydrogen) atoms. The van der Waals surface area contributed by atoms with Gasteiger partial charge < -0.3 is 93.9 Å². The van der Waals surface area contributed by atoms with Crippen LogP contribution in [0.3, 0.4) is 0 Å². The highest BCUT2D eigenvalue weighted by atomic mass is 32.2. The minimum atomic E-state index is -5.35. The number of aromatic nitrogens is 2. The first-order chi connectivity index (χ1) is 51.1. The summed E-state index contributed by atoms with van der Waals surface area (Å²) in [5, 5.41) is 58.2. The quantitative estimate of drug-likeness (QED) is 0.0772. The van der Waals surface area contributed by atoms with Crippen LogP contribution in [0.2, 0.25) is 0 Å². The SMILES string of the molecule is CC(C)[C@]1(C)NC(=O)[C@H](Cc2ccc(O)cc2)NC(=O)[C@H](C)NC(=O)C(C)(C)NC(=O)[C@H](Cc2c[nH]c3ncccc23)NC(=O)[C@H]([C@@H](C)O)NC(=O)[C@@H]2CCCN2C(=O)[C@H](Cc2ccc(O)cc2)NC(=O)[C@H](C(C)(C)C)NC(=O)CCSCc2cccc(c2)CSC[C@@H](C(N)=O)NC(=O)[C@H](COP(=O)(O)O)NC1=O. The van der Waals surface area contributed by atoms with Gasteiger partial charge in [-0.25, -0.2) is 9.55 Å². The number of carbonyl (C=O) groups is 12. The fourth-order valence-electron chi connectivity index (χ4n) is 11.9. The summed E-state index contributed by atoms with van der Waals surface area (Å²) < 4.78 is 16.8. The van der Waals surface area contributed by atoms with E-state index >= 15 is 4.79 Å². The van der Waals surface area contributed by atoms with Crippen molar-refractivity contribution in [1.29, 1.82) is 0 Å². The molecule has 11 atom stereocenters. The van der Waals surface area contributed by atoms with Crippen molar-refractivity contribution in [2.45, 2.75) is 191 Å². The number of aliphatic hydroxyl groups excluding tert-OH is 1. The predicted octanol–water partition coefficient (Wildman–Crippen LogP) is 0.909. The summed E-state index contributed by atoms with van der Waals surface area (Å²) in [5.41, 5.74) is 4.25. The zero-order valence-electron chi connectivity index (χ0n) is 62.3. The number of pyridine rings is 1. The number of hydrogen-bond acceptors (Lipinski definition) is 20. The van der Waals surface area contributed by atoms with Gasteiger partial charge in [0.15, 0.2) is 0 Å². The maximum Gasteiger partial charge on any atom is 0.469 e. The molecule has 2 aliphatic rings. The van der Waals surface area contributed by atoms with Crippen LogP contribution in [0.5, 0.6) is 11.5 Å². The molecule has 0 radical (unpaired) electrons. The average Bonchev–Trinajstić information content (AvgIpc) is 1.81. The van der Waals surface area contributed by atoms with Gasteiger partial charge in [0, 0.05) is 73.0 Å². The van der Waals surface area contributed by atoms with Crippen molar-refractivity contribution in [3.63, 3.8) is 0 Å². The largest absolute Gasteiger partial charge is 0.508 e. The van der Waals surface area contributed by atoms with Crippen LogP contribution in [0.1, 0.15) is 116 Å². The number of nitrogens with one attached hydrogen (secondary N) is 11. The molecule has 0 aliphatic carbocycles. The lowest BCUT2D eigenvalue weighted by Crippen LogP contribution is -2.66. The Balaban J connectivity index is 1.21. The van der Waals surface area contributed by atoms with Gasteiger partial charge in [-0.1, -0.05) is 83.1 Å². The molecule has 0 spiro atoms. The van der Waals surface area contributed by atoms with Crippen LogP contribution in [0, 0.1) is 11.3 Å². The first-order valence-electron chi connectivity index (χ1n) is 35.4. The van der Waals surface area contributed by atoms with Crippen LogP contribution in [-0.2, 0) is 97.4 Å². The van der Waals surface area contributed by atoms with Crippen LogP contribution in [0.15, 0.2) is 97.3 Å². The topological polar surface area (TPSA) is 511 Å². The van der Waals surface area contributed by atoms with Gasteiger partial charge in [-0.05, 0) is 123 Å². The molecule has 3 aromatic carbocycles. The van der Waals surface area contributed by atoms with Gasteiger partial charge in [0.05, 0.1) is 12.7 Å². The fraction of sp³-hybridized carbons (Fsp3) is 0.493. The lowest BCUT2D eigenvalue weighted by molar-refractivity contribution is -0.143. The van der Waals surface area contributed by atoms with Gasteiger partial charge >= 0.3 is 7.82 Å². The highest BCUT2D eigenvalue weighted by Gasteiger charge is 2.45. The number of primary amides is 1. The monoisotopic (exact) mass is 1570 g/mol. The number of aromatic hydroxyl groups is 2. The van der Waals surface area contributed by atoms with Crippen LogP contribution >= 0.6 is 31.3 Å². The third-order valence-corrected chi connectivity index (χ3v) is 21.3.